The molecule has 3 N–H and O–H groups in total. The van der Waals surface area contributed by atoms with Gasteiger partial charge in [-0.1, -0.05) is 0 Å². The highest BCUT2D eigenvalue weighted by Gasteiger charge is 2.17. The van der Waals surface area contributed by atoms with Crippen LogP contribution < -0.4 is 11.1 Å². The predicted octanol–water partition coefficient (Wildman–Crippen LogP) is -0.516. The van der Waals surface area contributed by atoms with Crippen LogP contribution >= 0.6 is 11.8 Å². The molecule has 0 aromatic rings. The van der Waals surface area contributed by atoms with Crippen molar-refractivity contribution in [2.45, 2.75) is 18.9 Å². The van der Waals surface area contributed by atoms with E-state index in [0.29, 0.717) is 0 Å². The minimum Gasteiger partial charge on any atom is -0.369 e. The van der Waals surface area contributed by atoms with E-state index in [2.05, 4.69) is 5.32 Å². The minimum atomic E-state index is -0.571. The van der Waals surface area contributed by atoms with Crippen LogP contribution in [-0.2, 0) is 9.59 Å². The summed E-state index contributed by atoms with van der Waals surface area (Å²) in [7, 11) is 0. The average Bonchev–Trinajstić information content (AvgIpc) is 2.37. The maximum atomic E-state index is 11.0. The Morgan fingerprint density at radius 3 is 2.83 bits per heavy atom. The van der Waals surface area contributed by atoms with Crippen molar-refractivity contribution in [3.05, 3.63) is 0 Å². The monoisotopic (exact) mass is 188 g/mol. The number of nitrogens with one attached hydrogen (secondary N) is 1. The van der Waals surface area contributed by atoms with Crippen molar-refractivity contribution in [2.24, 2.45) is 5.73 Å². The molecule has 4 nitrogen and oxygen atoms in total. The van der Waals surface area contributed by atoms with Crippen molar-refractivity contribution in [3.63, 3.8) is 0 Å². The molecule has 12 heavy (non-hydrogen) atoms. The molecule has 68 valence electrons. The fraction of sp³-hybridized carbons (Fsp3) is 0.714. The molecule has 0 radical (unpaired) electrons. The molecule has 0 aromatic heterocycles. The molecule has 0 aromatic carbocycles. The molecule has 1 unspecified atom stereocenters. The van der Waals surface area contributed by atoms with Gasteiger partial charge in [-0.25, -0.2) is 0 Å². The van der Waals surface area contributed by atoms with Gasteiger partial charge in [-0.2, -0.15) is 11.8 Å². The summed E-state index contributed by atoms with van der Waals surface area (Å²) in [4.78, 5) is 21.3. The molecule has 1 heterocycles. The van der Waals surface area contributed by atoms with E-state index in [0.717, 1.165) is 17.9 Å². The van der Waals surface area contributed by atoms with Crippen molar-refractivity contribution >= 4 is 23.6 Å². The minimum absolute atomic E-state index is 0.193. The Morgan fingerprint density at radius 1 is 1.58 bits per heavy atom. The molecule has 1 rings (SSSR count). The van der Waals surface area contributed by atoms with Crippen LogP contribution in [0, 0.1) is 0 Å². The summed E-state index contributed by atoms with van der Waals surface area (Å²) >= 11 is 1.81. The first-order valence-corrected chi connectivity index (χ1v) is 4.99. The van der Waals surface area contributed by atoms with Gasteiger partial charge in [-0.05, 0) is 12.2 Å². The molecule has 1 fully saturated rings. The number of hydrogen-bond acceptors (Lipinski definition) is 3. The highest BCUT2D eigenvalue weighted by Crippen LogP contribution is 2.16. The van der Waals surface area contributed by atoms with Crippen LogP contribution in [0.2, 0.25) is 0 Å². The molecule has 0 aliphatic carbocycles. The maximum Gasteiger partial charge on any atom is 0.229 e. The van der Waals surface area contributed by atoms with Gasteiger partial charge in [0.25, 0.3) is 0 Å². The molecule has 2 amide bonds. The van der Waals surface area contributed by atoms with Crippen molar-refractivity contribution in [2.75, 3.05) is 11.5 Å². The summed E-state index contributed by atoms with van der Waals surface area (Å²) < 4.78 is 0. The molecule has 0 spiro atoms. The Kier molecular flexibility index (Phi) is 3.40. The summed E-state index contributed by atoms with van der Waals surface area (Å²) in [6, 6.07) is 0.238. The third kappa shape index (κ3) is 3.13. The van der Waals surface area contributed by atoms with Gasteiger partial charge in [0.15, 0.2) is 0 Å². The number of amides is 2. The highest BCUT2D eigenvalue weighted by atomic mass is 32.2. The number of rotatable bonds is 3. The zero-order chi connectivity index (χ0) is 8.97. The van der Waals surface area contributed by atoms with Crippen LogP contribution in [0.25, 0.3) is 0 Å². The highest BCUT2D eigenvalue weighted by molar-refractivity contribution is 7.99. The smallest absolute Gasteiger partial charge is 0.229 e. The molecule has 1 aliphatic heterocycles. The van der Waals surface area contributed by atoms with E-state index in [1.807, 2.05) is 11.8 Å². The van der Waals surface area contributed by atoms with E-state index < -0.39 is 5.91 Å². The van der Waals surface area contributed by atoms with Crippen LogP contribution in [0.4, 0.5) is 0 Å². The number of thioether (sulfide) groups is 1. The van der Waals surface area contributed by atoms with Gasteiger partial charge in [0.1, 0.15) is 6.42 Å². The molecule has 0 bridgehead atoms. The van der Waals surface area contributed by atoms with Crippen LogP contribution in [0.5, 0.6) is 0 Å². The van der Waals surface area contributed by atoms with Gasteiger partial charge in [0.05, 0.1) is 0 Å². The van der Waals surface area contributed by atoms with E-state index in [1.54, 1.807) is 0 Å². The lowest BCUT2D eigenvalue weighted by molar-refractivity contribution is -0.127. The fourth-order valence-corrected chi connectivity index (χ4v) is 2.24. The van der Waals surface area contributed by atoms with Crippen LogP contribution in [0.3, 0.4) is 0 Å². The van der Waals surface area contributed by atoms with Crippen LogP contribution in [0.15, 0.2) is 0 Å². The first-order valence-electron chi connectivity index (χ1n) is 3.84. The summed E-state index contributed by atoms with van der Waals surface area (Å²) in [5.41, 5.74) is 4.86. The van der Waals surface area contributed by atoms with Crippen LogP contribution in [0.1, 0.15) is 12.8 Å². The second-order valence-corrected chi connectivity index (χ2v) is 3.92. The van der Waals surface area contributed by atoms with Gasteiger partial charge in [-0.3, -0.25) is 9.59 Å². The summed E-state index contributed by atoms with van der Waals surface area (Å²) in [5.74, 6) is 1.21. The SMILES string of the molecule is NC(=O)CC(=O)NC1CCSC1. The van der Waals surface area contributed by atoms with Crippen molar-refractivity contribution in [1.29, 1.82) is 0 Å². The van der Waals surface area contributed by atoms with E-state index >= 15 is 0 Å². The lowest BCUT2D eigenvalue weighted by Crippen LogP contribution is -2.36. The molecular weight excluding hydrogens is 176 g/mol. The standard InChI is InChI=1S/C7H12N2O2S/c8-6(10)3-7(11)9-5-1-2-12-4-5/h5H,1-4H2,(H2,8,10)(H,9,11). The second kappa shape index (κ2) is 4.35. The maximum absolute atomic E-state index is 11.0. The Balaban J connectivity index is 2.20. The zero-order valence-corrected chi connectivity index (χ0v) is 7.52. The van der Waals surface area contributed by atoms with Gasteiger partial charge >= 0.3 is 0 Å². The number of hydrogen-bond donors (Lipinski definition) is 2. The van der Waals surface area contributed by atoms with Crippen molar-refractivity contribution in [1.82, 2.24) is 5.32 Å². The number of nitrogens with two attached hydrogens (primary N) is 1. The molecule has 0 saturated carbocycles. The number of primary amides is 1. The molecule has 1 atom stereocenters. The largest absolute Gasteiger partial charge is 0.369 e. The molecule has 1 aliphatic rings. The van der Waals surface area contributed by atoms with Crippen molar-refractivity contribution < 1.29 is 9.59 Å². The van der Waals surface area contributed by atoms with Gasteiger partial charge in [0.2, 0.25) is 11.8 Å². The first kappa shape index (κ1) is 9.38. The second-order valence-electron chi connectivity index (χ2n) is 2.77. The van der Waals surface area contributed by atoms with E-state index in [1.165, 1.54) is 0 Å². The Morgan fingerprint density at radius 2 is 2.33 bits per heavy atom. The van der Waals surface area contributed by atoms with E-state index in [9.17, 15) is 9.59 Å². The Bertz CT molecular complexity index is 190. The molecule has 1 saturated heterocycles. The number of carbonyl (C=O) groups excluding carboxylic acids is 2. The van der Waals surface area contributed by atoms with Gasteiger partial charge in [0, 0.05) is 11.8 Å². The summed E-state index contributed by atoms with van der Waals surface area (Å²) in [6.45, 7) is 0. The average molecular weight is 188 g/mol. The van der Waals surface area contributed by atoms with Crippen molar-refractivity contribution in [3.8, 4) is 0 Å². The quantitative estimate of drug-likeness (QED) is 0.586. The van der Waals surface area contributed by atoms with Crippen LogP contribution in [-0.4, -0.2) is 29.4 Å². The van der Waals surface area contributed by atoms with Gasteiger partial charge in [-0.15, -0.1) is 0 Å². The number of carbonyl (C=O) groups is 2. The van der Waals surface area contributed by atoms with E-state index in [-0.39, 0.29) is 18.4 Å². The Hall–Kier alpha value is -0.710. The third-order valence-corrected chi connectivity index (χ3v) is 2.79. The normalized spacial score (nSPS) is 22.2. The fourth-order valence-electron chi connectivity index (χ4n) is 1.09. The lowest BCUT2D eigenvalue weighted by Gasteiger charge is -2.09. The lowest BCUT2D eigenvalue weighted by atomic mass is 10.2. The topological polar surface area (TPSA) is 72.2 Å². The van der Waals surface area contributed by atoms with E-state index in [4.69, 9.17) is 5.73 Å². The zero-order valence-electron chi connectivity index (χ0n) is 6.71. The molecule has 5 heteroatoms. The predicted molar refractivity (Wildman–Crippen MR) is 47.7 cm³/mol. The first-order chi connectivity index (χ1) is 5.68. The third-order valence-electron chi connectivity index (χ3n) is 1.63. The Labute approximate surface area is 75.3 Å². The molecular formula is C7H12N2O2S. The summed E-state index contributed by atoms with van der Waals surface area (Å²) in [6.07, 6.45) is 0.802. The summed E-state index contributed by atoms with van der Waals surface area (Å²) in [5, 5.41) is 2.75. The van der Waals surface area contributed by atoms with Gasteiger partial charge < -0.3 is 11.1 Å².